The van der Waals surface area contributed by atoms with E-state index in [-0.39, 0.29) is 12.4 Å². The van der Waals surface area contributed by atoms with Crippen molar-refractivity contribution >= 4 is 45.6 Å². The molecule has 9 heteroatoms. The smallest absolute Gasteiger partial charge is 0.139 e. The van der Waals surface area contributed by atoms with Gasteiger partial charge >= 0.3 is 0 Å². The van der Waals surface area contributed by atoms with Crippen LogP contribution in [0.1, 0.15) is 16.8 Å². The zero-order chi connectivity index (χ0) is 22.1. The van der Waals surface area contributed by atoms with E-state index in [0.29, 0.717) is 24.5 Å². The Labute approximate surface area is 196 Å². The molecule has 0 saturated carbocycles. The number of fused-ring (bicyclic) bond motifs is 2. The largest absolute Gasteiger partial charge is 0.490 e. The number of pyridine rings is 1. The van der Waals surface area contributed by atoms with Crippen LogP contribution in [0.3, 0.4) is 0 Å². The molecule has 8 nitrogen and oxygen atoms in total. The standard InChI is InChI=1S/C24H21N7O.ClH/c1-15-16(2)28-21-4-3-18(12-19(15)21)29-22-5-6-26-23-13-24(17(14-25)11-20(22)23)32-10-9-31-8-7-27-30-31;/h3-8,11-13,28H,9-10H2,1-2H3,(H,26,29);1H. The fraction of sp³-hybridized carbons (Fsp3) is 0.167. The lowest BCUT2D eigenvalue weighted by Crippen LogP contribution is -2.09. The second-order valence-corrected chi connectivity index (χ2v) is 7.61. The summed E-state index contributed by atoms with van der Waals surface area (Å²) in [6.07, 6.45) is 5.13. The number of nitrogens with zero attached hydrogens (tertiary/aromatic N) is 5. The van der Waals surface area contributed by atoms with Crippen molar-refractivity contribution in [2.24, 2.45) is 0 Å². The first-order chi connectivity index (χ1) is 15.6. The summed E-state index contributed by atoms with van der Waals surface area (Å²) >= 11 is 0. The highest BCUT2D eigenvalue weighted by molar-refractivity contribution is 5.96. The van der Waals surface area contributed by atoms with Gasteiger partial charge < -0.3 is 15.0 Å². The number of anilines is 2. The van der Waals surface area contributed by atoms with Crippen molar-refractivity contribution in [2.45, 2.75) is 20.4 Å². The van der Waals surface area contributed by atoms with Gasteiger partial charge in [0.2, 0.25) is 0 Å². The van der Waals surface area contributed by atoms with E-state index < -0.39 is 0 Å². The normalized spacial score (nSPS) is 10.7. The van der Waals surface area contributed by atoms with Crippen LogP contribution < -0.4 is 10.1 Å². The van der Waals surface area contributed by atoms with Gasteiger partial charge in [0.1, 0.15) is 18.4 Å². The third kappa shape index (κ3) is 4.31. The molecule has 0 aliphatic heterocycles. The van der Waals surface area contributed by atoms with E-state index in [0.717, 1.165) is 27.8 Å². The third-order valence-corrected chi connectivity index (χ3v) is 5.60. The molecule has 166 valence electrons. The van der Waals surface area contributed by atoms with E-state index in [1.165, 1.54) is 16.6 Å². The van der Waals surface area contributed by atoms with Crippen molar-refractivity contribution in [3.05, 3.63) is 71.8 Å². The summed E-state index contributed by atoms with van der Waals surface area (Å²) in [5.74, 6) is 0.504. The number of aromatic nitrogens is 5. The molecular weight excluding hydrogens is 438 g/mol. The van der Waals surface area contributed by atoms with Crippen molar-refractivity contribution < 1.29 is 4.74 Å². The van der Waals surface area contributed by atoms with Crippen LogP contribution >= 0.6 is 12.4 Å². The molecule has 0 spiro atoms. The second kappa shape index (κ2) is 9.18. The monoisotopic (exact) mass is 459 g/mol. The molecule has 0 saturated heterocycles. The predicted molar refractivity (Wildman–Crippen MR) is 130 cm³/mol. The average molecular weight is 460 g/mol. The zero-order valence-electron chi connectivity index (χ0n) is 18.2. The van der Waals surface area contributed by atoms with E-state index in [2.05, 4.69) is 57.6 Å². The molecule has 33 heavy (non-hydrogen) atoms. The van der Waals surface area contributed by atoms with Crippen molar-refractivity contribution in [3.8, 4) is 11.8 Å². The molecular formula is C24H22ClN7O. The van der Waals surface area contributed by atoms with Crippen LogP contribution in [-0.2, 0) is 6.54 Å². The summed E-state index contributed by atoms with van der Waals surface area (Å²) in [6, 6.07) is 14.0. The number of nitrogens with one attached hydrogen (secondary N) is 2. The van der Waals surface area contributed by atoms with Crippen molar-refractivity contribution in [3.63, 3.8) is 0 Å². The number of ether oxygens (including phenoxy) is 1. The highest BCUT2D eigenvalue weighted by Gasteiger charge is 2.11. The van der Waals surface area contributed by atoms with Crippen LogP contribution in [0, 0.1) is 25.2 Å². The summed E-state index contributed by atoms with van der Waals surface area (Å²) in [6.45, 7) is 5.10. The number of hydrogen-bond donors (Lipinski definition) is 2. The molecule has 0 fully saturated rings. The van der Waals surface area contributed by atoms with E-state index >= 15 is 0 Å². The van der Waals surface area contributed by atoms with Crippen LogP contribution in [0.15, 0.2) is 55.0 Å². The van der Waals surface area contributed by atoms with E-state index in [4.69, 9.17) is 4.74 Å². The minimum atomic E-state index is 0. The molecule has 3 heterocycles. The minimum Gasteiger partial charge on any atom is -0.490 e. The molecule has 2 N–H and O–H groups in total. The Kier molecular flexibility index (Phi) is 6.16. The maximum absolute atomic E-state index is 9.69. The van der Waals surface area contributed by atoms with E-state index in [1.807, 2.05) is 24.3 Å². The number of aromatic amines is 1. The van der Waals surface area contributed by atoms with Gasteiger partial charge in [-0.15, -0.1) is 17.5 Å². The maximum Gasteiger partial charge on any atom is 0.139 e. The van der Waals surface area contributed by atoms with Gasteiger partial charge in [0.05, 0.1) is 23.8 Å². The number of aryl methyl sites for hydroxylation is 2. The third-order valence-electron chi connectivity index (χ3n) is 5.60. The fourth-order valence-electron chi connectivity index (χ4n) is 3.78. The molecule has 2 aromatic carbocycles. The molecule has 0 amide bonds. The minimum absolute atomic E-state index is 0. The fourth-order valence-corrected chi connectivity index (χ4v) is 3.78. The Bertz CT molecular complexity index is 1470. The van der Waals surface area contributed by atoms with Crippen LogP contribution in [0.25, 0.3) is 21.8 Å². The second-order valence-electron chi connectivity index (χ2n) is 7.61. The maximum atomic E-state index is 9.69. The van der Waals surface area contributed by atoms with Gasteiger partial charge in [-0.1, -0.05) is 5.21 Å². The van der Waals surface area contributed by atoms with Gasteiger partial charge in [-0.05, 0) is 49.7 Å². The molecule has 5 rings (SSSR count). The molecule has 0 atom stereocenters. The lowest BCUT2D eigenvalue weighted by molar-refractivity contribution is 0.289. The molecule has 0 unspecified atom stereocenters. The Hall–Kier alpha value is -4.09. The predicted octanol–water partition coefficient (Wildman–Crippen LogP) is 5.04. The number of hydrogen-bond acceptors (Lipinski definition) is 6. The quantitative estimate of drug-likeness (QED) is 0.368. The molecule has 3 aromatic heterocycles. The van der Waals surface area contributed by atoms with Gasteiger partial charge in [-0.25, -0.2) is 4.68 Å². The molecule has 0 aliphatic rings. The lowest BCUT2D eigenvalue weighted by atomic mass is 10.1. The summed E-state index contributed by atoms with van der Waals surface area (Å²) in [5, 5.41) is 22.9. The Morgan fingerprint density at radius 2 is 2.00 bits per heavy atom. The number of nitriles is 1. The number of H-pyrrole nitrogens is 1. The van der Waals surface area contributed by atoms with E-state index in [1.54, 1.807) is 23.3 Å². The first-order valence-electron chi connectivity index (χ1n) is 10.3. The van der Waals surface area contributed by atoms with Crippen molar-refractivity contribution in [2.75, 3.05) is 11.9 Å². The molecule has 0 aliphatic carbocycles. The van der Waals surface area contributed by atoms with Gasteiger partial charge in [0.15, 0.2) is 0 Å². The number of benzene rings is 2. The molecule has 5 aromatic rings. The topological polar surface area (TPSA) is 104 Å². The summed E-state index contributed by atoms with van der Waals surface area (Å²) < 4.78 is 7.53. The first-order valence-corrected chi connectivity index (χ1v) is 10.3. The van der Waals surface area contributed by atoms with Gasteiger partial charge in [-0.2, -0.15) is 5.26 Å². The highest BCUT2D eigenvalue weighted by Crippen LogP contribution is 2.32. The number of halogens is 1. The van der Waals surface area contributed by atoms with Crippen molar-refractivity contribution in [1.82, 2.24) is 25.0 Å². The van der Waals surface area contributed by atoms with E-state index in [9.17, 15) is 5.26 Å². The summed E-state index contributed by atoms with van der Waals surface area (Å²) in [4.78, 5) is 7.88. The van der Waals surface area contributed by atoms with Crippen LogP contribution in [0.4, 0.5) is 11.4 Å². The average Bonchev–Trinajstić information content (AvgIpc) is 3.42. The Balaban J connectivity index is 0.00000259. The molecule has 0 radical (unpaired) electrons. The van der Waals surface area contributed by atoms with Crippen LogP contribution in [0.5, 0.6) is 5.75 Å². The number of rotatable bonds is 6. The zero-order valence-corrected chi connectivity index (χ0v) is 19.0. The summed E-state index contributed by atoms with van der Waals surface area (Å²) in [7, 11) is 0. The first kappa shape index (κ1) is 22.1. The Morgan fingerprint density at radius 3 is 2.79 bits per heavy atom. The van der Waals surface area contributed by atoms with Gasteiger partial charge in [0, 0.05) is 51.8 Å². The molecule has 0 bridgehead atoms. The Morgan fingerprint density at radius 1 is 1.12 bits per heavy atom. The van der Waals surface area contributed by atoms with Crippen LogP contribution in [-0.4, -0.2) is 31.6 Å². The van der Waals surface area contributed by atoms with Crippen LogP contribution in [0.2, 0.25) is 0 Å². The highest BCUT2D eigenvalue weighted by atomic mass is 35.5. The van der Waals surface area contributed by atoms with Gasteiger partial charge in [0.25, 0.3) is 0 Å². The van der Waals surface area contributed by atoms with Crippen molar-refractivity contribution in [1.29, 1.82) is 5.26 Å². The SMILES string of the molecule is Cc1[nH]c2ccc(Nc3ccnc4cc(OCCn5ccnn5)c(C#N)cc34)cc2c1C.Cl. The summed E-state index contributed by atoms with van der Waals surface area (Å²) in [5.41, 5.74) is 6.58. The van der Waals surface area contributed by atoms with Gasteiger partial charge in [-0.3, -0.25) is 4.98 Å². The lowest BCUT2D eigenvalue weighted by Gasteiger charge is -2.13.